The molecule has 0 atom stereocenters. The molecule has 86 valence electrons. The standard InChI is InChI=1S/C11H26N2O/c1-6-8-14-9-7-12-10-11(2,3)13(4)5/h12H,6-10H2,1-5H3. The molecule has 0 aromatic rings. The average molecular weight is 202 g/mol. The average Bonchev–Trinajstić information content (AvgIpc) is 2.10. The molecule has 0 aliphatic heterocycles. The number of rotatable bonds is 8. The summed E-state index contributed by atoms with van der Waals surface area (Å²) in [7, 11) is 4.21. The quantitative estimate of drug-likeness (QED) is 0.601. The highest BCUT2D eigenvalue weighted by Crippen LogP contribution is 2.07. The molecule has 1 N–H and O–H groups in total. The third-order valence-electron chi connectivity index (χ3n) is 2.54. The fraction of sp³-hybridized carbons (Fsp3) is 1.00. The van der Waals surface area contributed by atoms with Crippen molar-refractivity contribution < 1.29 is 4.74 Å². The van der Waals surface area contributed by atoms with E-state index in [-0.39, 0.29) is 5.54 Å². The Hall–Kier alpha value is -0.120. The van der Waals surface area contributed by atoms with E-state index >= 15 is 0 Å². The van der Waals surface area contributed by atoms with E-state index in [1.165, 1.54) is 0 Å². The number of ether oxygens (including phenoxy) is 1. The van der Waals surface area contributed by atoms with E-state index in [1.807, 2.05) is 0 Å². The van der Waals surface area contributed by atoms with E-state index in [4.69, 9.17) is 4.74 Å². The minimum Gasteiger partial charge on any atom is -0.380 e. The lowest BCUT2D eigenvalue weighted by Crippen LogP contribution is -2.47. The van der Waals surface area contributed by atoms with Gasteiger partial charge in [0.1, 0.15) is 0 Å². The summed E-state index contributed by atoms with van der Waals surface area (Å²) in [4.78, 5) is 2.23. The molecule has 0 fully saturated rings. The number of likely N-dealkylation sites (N-methyl/N-ethyl adjacent to an activating group) is 1. The molecule has 3 heteroatoms. The molecule has 0 radical (unpaired) electrons. The van der Waals surface area contributed by atoms with E-state index in [0.717, 1.165) is 32.7 Å². The van der Waals surface area contributed by atoms with Crippen molar-refractivity contribution in [3.05, 3.63) is 0 Å². The topological polar surface area (TPSA) is 24.5 Å². The van der Waals surface area contributed by atoms with Crippen molar-refractivity contribution >= 4 is 0 Å². The molecular weight excluding hydrogens is 176 g/mol. The van der Waals surface area contributed by atoms with E-state index < -0.39 is 0 Å². The highest BCUT2D eigenvalue weighted by Gasteiger charge is 2.18. The van der Waals surface area contributed by atoms with Gasteiger partial charge >= 0.3 is 0 Å². The second kappa shape index (κ2) is 7.21. The van der Waals surface area contributed by atoms with Gasteiger partial charge in [-0.2, -0.15) is 0 Å². The van der Waals surface area contributed by atoms with Crippen molar-refractivity contribution in [2.75, 3.05) is 40.4 Å². The molecule has 0 saturated carbocycles. The van der Waals surface area contributed by atoms with Crippen LogP contribution in [0.15, 0.2) is 0 Å². The highest BCUT2D eigenvalue weighted by molar-refractivity contribution is 4.79. The number of nitrogens with zero attached hydrogens (tertiary/aromatic N) is 1. The van der Waals surface area contributed by atoms with Crippen LogP contribution in [-0.4, -0.2) is 50.8 Å². The molecule has 14 heavy (non-hydrogen) atoms. The third kappa shape index (κ3) is 6.35. The van der Waals surface area contributed by atoms with Crippen LogP contribution in [0.5, 0.6) is 0 Å². The van der Waals surface area contributed by atoms with E-state index in [1.54, 1.807) is 0 Å². The maximum atomic E-state index is 5.38. The van der Waals surface area contributed by atoms with Gasteiger partial charge in [-0.05, 0) is 34.4 Å². The van der Waals surface area contributed by atoms with Crippen molar-refractivity contribution in [1.29, 1.82) is 0 Å². The Labute approximate surface area is 88.8 Å². The molecule has 0 bridgehead atoms. The van der Waals surface area contributed by atoms with Gasteiger partial charge in [-0.1, -0.05) is 6.92 Å². The van der Waals surface area contributed by atoms with Crippen LogP contribution in [0, 0.1) is 0 Å². The maximum absolute atomic E-state index is 5.38. The molecule has 3 nitrogen and oxygen atoms in total. The molecule has 0 heterocycles. The molecule has 0 aromatic heterocycles. The van der Waals surface area contributed by atoms with Crippen LogP contribution in [0.1, 0.15) is 27.2 Å². The van der Waals surface area contributed by atoms with Gasteiger partial charge < -0.3 is 15.0 Å². The summed E-state index contributed by atoms with van der Waals surface area (Å²) < 4.78 is 5.38. The molecule has 0 spiro atoms. The van der Waals surface area contributed by atoms with Crippen LogP contribution < -0.4 is 5.32 Å². The van der Waals surface area contributed by atoms with E-state index in [0.29, 0.717) is 0 Å². The van der Waals surface area contributed by atoms with Gasteiger partial charge in [-0.25, -0.2) is 0 Å². The molecule has 0 aliphatic carbocycles. The summed E-state index contributed by atoms with van der Waals surface area (Å²) in [6.07, 6.45) is 1.10. The van der Waals surface area contributed by atoms with Gasteiger partial charge in [0.25, 0.3) is 0 Å². The zero-order valence-electron chi connectivity index (χ0n) is 10.4. The van der Waals surface area contributed by atoms with Gasteiger partial charge in [0.05, 0.1) is 6.61 Å². The molecule has 0 saturated heterocycles. The normalized spacial score (nSPS) is 12.4. The summed E-state index contributed by atoms with van der Waals surface area (Å²) in [5, 5.41) is 3.40. The summed E-state index contributed by atoms with van der Waals surface area (Å²) in [6, 6.07) is 0. The van der Waals surface area contributed by atoms with Gasteiger partial charge in [-0.3, -0.25) is 0 Å². The molecule has 0 amide bonds. The second-order valence-electron chi connectivity index (χ2n) is 4.50. The summed E-state index contributed by atoms with van der Waals surface area (Å²) >= 11 is 0. The predicted molar refractivity (Wildman–Crippen MR) is 61.7 cm³/mol. The lowest BCUT2D eigenvalue weighted by molar-refractivity contribution is 0.129. The first-order valence-electron chi connectivity index (χ1n) is 5.46. The van der Waals surface area contributed by atoms with Crippen LogP contribution in [0.25, 0.3) is 0 Å². The maximum Gasteiger partial charge on any atom is 0.0590 e. The Morgan fingerprint density at radius 2 is 1.86 bits per heavy atom. The van der Waals surface area contributed by atoms with Crippen LogP contribution in [0.4, 0.5) is 0 Å². The zero-order valence-corrected chi connectivity index (χ0v) is 10.4. The number of nitrogens with one attached hydrogen (secondary N) is 1. The van der Waals surface area contributed by atoms with Crippen LogP contribution >= 0.6 is 0 Å². The monoisotopic (exact) mass is 202 g/mol. The largest absolute Gasteiger partial charge is 0.380 e. The van der Waals surface area contributed by atoms with Crippen molar-refractivity contribution in [2.45, 2.75) is 32.7 Å². The predicted octanol–water partition coefficient (Wildman–Crippen LogP) is 1.34. The van der Waals surface area contributed by atoms with Crippen LogP contribution in [0.2, 0.25) is 0 Å². The fourth-order valence-corrected chi connectivity index (χ4v) is 0.943. The van der Waals surface area contributed by atoms with Crippen LogP contribution in [0.3, 0.4) is 0 Å². The third-order valence-corrected chi connectivity index (χ3v) is 2.54. The molecular formula is C11H26N2O. The Morgan fingerprint density at radius 3 is 2.36 bits per heavy atom. The van der Waals surface area contributed by atoms with Crippen LogP contribution in [-0.2, 0) is 4.74 Å². The van der Waals surface area contributed by atoms with Crippen molar-refractivity contribution in [3.63, 3.8) is 0 Å². The highest BCUT2D eigenvalue weighted by atomic mass is 16.5. The van der Waals surface area contributed by atoms with Gasteiger partial charge in [-0.15, -0.1) is 0 Å². The molecule has 0 aromatic carbocycles. The van der Waals surface area contributed by atoms with Gasteiger partial charge in [0.2, 0.25) is 0 Å². The Bertz CT molecular complexity index is 135. The lowest BCUT2D eigenvalue weighted by atomic mass is 10.0. The molecule has 0 rings (SSSR count). The number of hydrogen-bond acceptors (Lipinski definition) is 3. The zero-order chi connectivity index (χ0) is 11.0. The van der Waals surface area contributed by atoms with E-state index in [9.17, 15) is 0 Å². The fourth-order valence-electron chi connectivity index (χ4n) is 0.943. The SMILES string of the molecule is CCCOCCNCC(C)(C)N(C)C. The Kier molecular flexibility index (Phi) is 7.15. The Balaban J connectivity index is 3.35. The minimum atomic E-state index is 0.213. The second-order valence-corrected chi connectivity index (χ2v) is 4.50. The molecule has 0 aliphatic rings. The first-order valence-corrected chi connectivity index (χ1v) is 5.46. The summed E-state index contributed by atoms with van der Waals surface area (Å²) in [5.74, 6) is 0. The first-order chi connectivity index (χ1) is 6.50. The lowest BCUT2D eigenvalue weighted by Gasteiger charge is -2.32. The minimum absolute atomic E-state index is 0.213. The first kappa shape index (κ1) is 13.9. The van der Waals surface area contributed by atoms with Crippen molar-refractivity contribution in [2.24, 2.45) is 0 Å². The smallest absolute Gasteiger partial charge is 0.0590 e. The van der Waals surface area contributed by atoms with Gasteiger partial charge in [0.15, 0.2) is 0 Å². The number of hydrogen-bond donors (Lipinski definition) is 1. The Morgan fingerprint density at radius 1 is 1.21 bits per heavy atom. The van der Waals surface area contributed by atoms with Gasteiger partial charge in [0, 0.05) is 25.2 Å². The summed E-state index contributed by atoms with van der Waals surface area (Å²) in [6.45, 7) is 10.2. The molecule has 0 unspecified atom stereocenters. The summed E-state index contributed by atoms with van der Waals surface area (Å²) in [5.41, 5.74) is 0.213. The van der Waals surface area contributed by atoms with Crippen molar-refractivity contribution in [1.82, 2.24) is 10.2 Å². The van der Waals surface area contributed by atoms with E-state index in [2.05, 4.69) is 45.1 Å². The van der Waals surface area contributed by atoms with Crippen molar-refractivity contribution in [3.8, 4) is 0 Å².